The van der Waals surface area contributed by atoms with Crippen molar-refractivity contribution in [1.29, 1.82) is 0 Å². The Morgan fingerprint density at radius 1 is 1.22 bits per heavy atom. The van der Waals surface area contributed by atoms with Crippen LogP contribution in [0.15, 0.2) is 24.3 Å². The van der Waals surface area contributed by atoms with Crippen LogP contribution in [0.1, 0.15) is 30.7 Å². The molecule has 2 unspecified atom stereocenters. The summed E-state index contributed by atoms with van der Waals surface area (Å²) in [6.07, 6.45) is 1.39. The van der Waals surface area contributed by atoms with Crippen molar-refractivity contribution in [3.63, 3.8) is 0 Å². The van der Waals surface area contributed by atoms with Crippen LogP contribution in [0.25, 0.3) is 0 Å². The van der Waals surface area contributed by atoms with Crippen molar-refractivity contribution in [2.45, 2.75) is 36.0 Å². The molecule has 1 aromatic carbocycles. The van der Waals surface area contributed by atoms with E-state index in [0.29, 0.717) is 37.5 Å². The predicted octanol–water partition coefficient (Wildman–Crippen LogP) is 0.448. The molecule has 1 amide bonds. The van der Waals surface area contributed by atoms with Gasteiger partial charge in [0, 0.05) is 24.7 Å². The van der Waals surface area contributed by atoms with E-state index in [0.717, 1.165) is 5.56 Å². The number of sulfonamides is 1. The molecule has 10 heteroatoms. The number of nitrogens with zero attached hydrogens (tertiary/aromatic N) is 1. The molecule has 2 aliphatic rings. The largest absolute Gasteiger partial charge is 0.377 e. The molecule has 3 rings (SSSR count). The molecular formula is C17H24ClN3O5S. The topological polar surface area (TPSA) is 119 Å². The first-order valence-electron chi connectivity index (χ1n) is 8.91. The number of benzene rings is 1. The van der Waals surface area contributed by atoms with Crippen LogP contribution in [0.4, 0.5) is 0 Å². The van der Waals surface area contributed by atoms with Gasteiger partial charge in [-0.1, -0.05) is 23.7 Å². The number of β-amino-alcohol motifs (C(OH)–C–C–N with tert-alkyl or cyclic N) is 1. The quantitative estimate of drug-likeness (QED) is 0.417. The highest BCUT2D eigenvalue weighted by Gasteiger charge is 2.53. The molecule has 8 nitrogen and oxygen atoms in total. The van der Waals surface area contributed by atoms with Gasteiger partial charge >= 0.3 is 0 Å². The summed E-state index contributed by atoms with van der Waals surface area (Å²) in [7, 11) is -3.91. The number of carbonyl (C=O) groups is 1. The third-order valence-electron chi connectivity index (χ3n) is 5.52. The van der Waals surface area contributed by atoms with Crippen LogP contribution in [0.2, 0.25) is 5.02 Å². The van der Waals surface area contributed by atoms with E-state index in [1.165, 1.54) is 9.79 Å². The normalized spacial score (nSPS) is 28.0. The summed E-state index contributed by atoms with van der Waals surface area (Å²) in [4.78, 5) is 11.9. The first-order valence-corrected chi connectivity index (χ1v) is 10.8. The van der Waals surface area contributed by atoms with Gasteiger partial charge in [-0.3, -0.25) is 10.0 Å². The van der Waals surface area contributed by atoms with Crippen LogP contribution in [0.3, 0.4) is 0 Å². The Balaban J connectivity index is 1.74. The van der Waals surface area contributed by atoms with Crippen LogP contribution >= 0.6 is 11.6 Å². The summed E-state index contributed by atoms with van der Waals surface area (Å²) < 4.78 is 27.6. The van der Waals surface area contributed by atoms with Crippen molar-refractivity contribution in [3.8, 4) is 0 Å². The van der Waals surface area contributed by atoms with Crippen LogP contribution in [-0.4, -0.2) is 66.0 Å². The van der Waals surface area contributed by atoms with Crippen molar-refractivity contribution in [2.75, 3.05) is 26.2 Å². The van der Waals surface area contributed by atoms with Gasteiger partial charge in [-0.2, -0.15) is 0 Å². The fourth-order valence-electron chi connectivity index (χ4n) is 3.94. The van der Waals surface area contributed by atoms with Crippen molar-refractivity contribution in [1.82, 2.24) is 15.1 Å². The number of hydroxylamine groups is 1. The van der Waals surface area contributed by atoms with Gasteiger partial charge in [0.2, 0.25) is 10.0 Å². The smallest absolute Gasteiger partial charge is 0.278 e. The lowest BCUT2D eigenvalue weighted by Gasteiger charge is -2.41. The monoisotopic (exact) mass is 417 g/mol. The zero-order valence-electron chi connectivity index (χ0n) is 14.8. The van der Waals surface area contributed by atoms with Gasteiger partial charge in [-0.15, -0.1) is 0 Å². The number of halogens is 1. The molecule has 0 spiro atoms. The Morgan fingerprint density at radius 2 is 1.85 bits per heavy atom. The summed E-state index contributed by atoms with van der Waals surface area (Å²) >= 11 is 5.92. The van der Waals surface area contributed by atoms with Crippen LogP contribution in [0.5, 0.6) is 0 Å². The molecule has 0 bridgehead atoms. The van der Waals surface area contributed by atoms with E-state index in [1.807, 2.05) is 24.3 Å². The zero-order chi connectivity index (χ0) is 19.7. The summed E-state index contributed by atoms with van der Waals surface area (Å²) in [5.74, 6) is -0.874. The second kappa shape index (κ2) is 8.02. The van der Waals surface area contributed by atoms with Gasteiger partial charge in [0.05, 0.1) is 0 Å². The lowest BCUT2D eigenvalue weighted by Crippen LogP contribution is -2.67. The van der Waals surface area contributed by atoms with Crippen molar-refractivity contribution in [2.24, 2.45) is 0 Å². The predicted molar refractivity (Wildman–Crippen MR) is 100 cm³/mol. The second-order valence-electron chi connectivity index (χ2n) is 7.09. The summed E-state index contributed by atoms with van der Waals surface area (Å²) in [5.41, 5.74) is 0.301. The number of nitrogens with one attached hydrogen (secondary N) is 2. The number of hydrogen-bond acceptors (Lipinski definition) is 6. The SMILES string of the molecule is O=C(NO)C1(O)CNCCC1S(=O)(=O)N1CCC(c2ccc(Cl)cc2)CC1. The number of carbonyl (C=O) groups excluding carboxylic acids is 1. The molecule has 2 heterocycles. The van der Waals surface area contributed by atoms with Crippen LogP contribution < -0.4 is 10.8 Å². The number of aliphatic hydroxyl groups is 1. The highest BCUT2D eigenvalue weighted by atomic mass is 35.5. The zero-order valence-corrected chi connectivity index (χ0v) is 16.3. The molecule has 2 fully saturated rings. The molecule has 150 valence electrons. The van der Waals surface area contributed by atoms with Gasteiger partial charge < -0.3 is 10.4 Å². The average molecular weight is 418 g/mol. The Labute approximate surface area is 163 Å². The van der Waals surface area contributed by atoms with Crippen molar-refractivity contribution >= 4 is 27.5 Å². The van der Waals surface area contributed by atoms with Crippen molar-refractivity contribution < 1.29 is 23.5 Å². The number of amides is 1. The van der Waals surface area contributed by atoms with Crippen molar-refractivity contribution in [3.05, 3.63) is 34.9 Å². The Kier molecular flexibility index (Phi) is 6.09. The summed E-state index contributed by atoms with van der Waals surface area (Å²) in [6.45, 7) is 0.767. The lowest BCUT2D eigenvalue weighted by atomic mass is 9.90. The first-order chi connectivity index (χ1) is 12.8. The van der Waals surface area contributed by atoms with E-state index in [4.69, 9.17) is 16.8 Å². The third kappa shape index (κ3) is 3.98. The fraction of sp³-hybridized carbons (Fsp3) is 0.588. The lowest BCUT2D eigenvalue weighted by molar-refractivity contribution is -0.150. The van der Waals surface area contributed by atoms with E-state index in [9.17, 15) is 18.3 Å². The number of piperidine rings is 2. The Bertz CT molecular complexity index is 780. The standard InChI is InChI=1S/C17H24ClN3O5S/c18-14-3-1-12(2-4-14)13-6-9-21(10-7-13)27(25,26)15-5-8-19-11-17(15,23)16(22)20-24/h1-4,13,15,19,23-24H,5-11H2,(H,20,22). The molecule has 2 atom stereocenters. The highest BCUT2D eigenvalue weighted by molar-refractivity contribution is 7.89. The molecule has 0 saturated carbocycles. The van der Waals surface area contributed by atoms with Gasteiger partial charge in [-0.05, 0) is 49.4 Å². The van der Waals surface area contributed by atoms with E-state index in [2.05, 4.69) is 5.32 Å². The van der Waals surface area contributed by atoms with E-state index in [1.54, 1.807) is 0 Å². The van der Waals surface area contributed by atoms with E-state index in [-0.39, 0.29) is 18.9 Å². The first kappa shape index (κ1) is 20.5. The molecule has 0 radical (unpaired) electrons. The fourth-order valence-corrected chi connectivity index (χ4v) is 6.25. The molecule has 0 aromatic heterocycles. The molecule has 2 aliphatic heterocycles. The van der Waals surface area contributed by atoms with Crippen LogP contribution in [0, 0.1) is 0 Å². The maximum atomic E-state index is 13.1. The maximum absolute atomic E-state index is 13.1. The molecule has 1 aromatic rings. The Morgan fingerprint density at radius 3 is 2.44 bits per heavy atom. The highest BCUT2D eigenvalue weighted by Crippen LogP contribution is 2.33. The number of hydrogen-bond donors (Lipinski definition) is 4. The minimum absolute atomic E-state index is 0.0867. The molecular weight excluding hydrogens is 394 g/mol. The van der Waals surface area contributed by atoms with Crippen LogP contribution in [-0.2, 0) is 14.8 Å². The third-order valence-corrected chi connectivity index (χ3v) is 8.20. The summed E-state index contributed by atoms with van der Waals surface area (Å²) in [6, 6.07) is 7.55. The van der Waals surface area contributed by atoms with Gasteiger partial charge in [-0.25, -0.2) is 18.2 Å². The molecule has 2 saturated heterocycles. The van der Waals surface area contributed by atoms with Gasteiger partial charge in [0.1, 0.15) is 5.25 Å². The number of rotatable bonds is 4. The second-order valence-corrected chi connectivity index (χ2v) is 9.64. The Hall–Kier alpha value is -1.23. The maximum Gasteiger partial charge on any atom is 0.278 e. The minimum atomic E-state index is -3.91. The van der Waals surface area contributed by atoms with Gasteiger partial charge in [0.15, 0.2) is 5.60 Å². The van der Waals surface area contributed by atoms with E-state index >= 15 is 0 Å². The molecule has 27 heavy (non-hydrogen) atoms. The molecule has 0 aliphatic carbocycles. The molecule has 4 N–H and O–H groups in total. The average Bonchev–Trinajstić information content (AvgIpc) is 2.68. The minimum Gasteiger partial charge on any atom is -0.377 e. The van der Waals surface area contributed by atoms with Gasteiger partial charge in [0.25, 0.3) is 5.91 Å². The van der Waals surface area contributed by atoms with E-state index < -0.39 is 26.8 Å². The summed E-state index contributed by atoms with van der Waals surface area (Å²) in [5, 5.41) is 21.8.